The predicted octanol–water partition coefficient (Wildman–Crippen LogP) is 4.67. The van der Waals surface area contributed by atoms with E-state index in [2.05, 4.69) is 11.1 Å². The molecule has 0 spiro atoms. The van der Waals surface area contributed by atoms with Crippen LogP contribution in [-0.2, 0) is 0 Å². The highest BCUT2D eigenvalue weighted by Gasteiger charge is 2.31. The number of ether oxygens (including phenoxy) is 1. The van der Waals surface area contributed by atoms with Gasteiger partial charge < -0.3 is 15.6 Å². The molecule has 1 atom stereocenters. The minimum Gasteiger partial charge on any atom is -0.507 e. The molecule has 29 heavy (non-hydrogen) atoms. The van der Waals surface area contributed by atoms with Gasteiger partial charge in [0, 0.05) is 23.4 Å². The molecular formula is C24H19N3O2. The second-order valence-electron chi connectivity index (χ2n) is 6.88. The lowest BCUT2D eigenvalue weighted by atomic mass is 9.83. The van der Waals surface area contributed by atoms with E-state index in [1.54, 1.807) is 12.3 Å². The van der Waals surface area contributed by atoms with Crippen LogP contribution in [0.1, 0.15) is 28.2 Å². The number of aromatic hydroxyl groups is 1. The zero-order valence-corrected chi connectivity index (χ0v) is 15.8. The molecule has 0 radical (unpaired) electrons. The maximum absolute atomic E-state index is 10.5. The van der Waals surface area contributed by atoms with Crippen molar-refractivity contribution in [1.29, 1.82) is 5.26 Å². The number of benzene rings is 3. The van der Waals surface area contributed by atoms with Crippen molar-refractivity contribution in [3.63, 3.8) is 0 Å². The van der Waals surface area contributed by atoms with Crippen LogP contribution in [0.15, 0.2) is 83.2 Å². The summed E-state index contributed by atoms with van der Waals surface area (Å²) in [4.78, 5) is 4.45. The molecule has 0 bridgehead atoms. The molecule has 142 valence electrons. The number of nitriles is 1. The summed E-state index contributed by atoms with van der Waals surface area (Å²) in [5.74, 6) is 0.131. The van der Waals surface area contributed by atoms with Gasteiger partial charge in [0.25, 0.3) is 0 Å². The number of nitrogens with zero attached hydrogens (tertiary/aromatic N) is 2. The molecule has 5 heteroatoms. The van der Waals surface area contributed by atoms with Crippen LogP contribution in [-0.4, -0.2) is 11.3 Å². The van der Waals surface area contributed by atoms with Gasteiger partial charge in [-0.05, 0) is 30.7 Å². The van der Waals surface area contributed by atoms with E-state index >= 15 is 0 Å². The van der Waals surface area contributed by atoms with Crippen molar-refractivity contribution < 1.29 is 9.84 Å². The van der Waals surface area contributed by atoms with Gasteiger partial charge in [-0.15, -0.1) is 0 Å². The Bertz CT molecular complexity index is 1160. The van der Waals surface area contributed by atoms with E-state index in [0.717, 1.165) is 22.4 Å². The number of allylic oxidation sites excluding steroid dienone is 1. The van der Waals surface area contributed by atoms with Gasteiger partial charge >= 0.3 is 0 Å². The quantitative estimate of drug-likeness (QED) is 0.645. The van der Waals surface area contributed by atoms with Crippen LogP contribution in [0.5, 0.6) is 11.5 Å². The molecular weight excluding hydrogens is 362 g/mol. The Morgan fingerprint density at radius 1 is 1.10 bits per heavy atom. The van der Waals surface area contributed by atoms with E-state index in [1.165, 1.54) is 6.07 Å². The van der Waals surface area contributed by atoms with Crippen LogP contribution in [0.2, 0.25) is 0 Å². The van der Waals surface area contributed by atoms with Gasteiger partial charge in [-0.3, -0.25) is 4.99 Å². The summed E-state index contributed by atoms with van der Waals surface area (Å²) in [6.07, 6.45) is 1.61. The fraction of sp³-hybridized carbons (Fsp3) is 0.0833. The number of hydrogen-bond donors (Lipinski definition) is 2. The fourth-order valence-electron chi connectivity index (χ4n) is 3.38. The molecule has 1 aliphatic heterocycles. The summed E-state index contributed by atoms with van der Waals surface area (Å²) in [7, 11) is 0. The summed E-state index contributed by atoms with van der Waals surface area (Å²) in [5.41, 5.74) is 10.5. The predicted molar refractivity (Wildman–Crippen MR) is 112 cm³/mol. The van der Waals surface area contributed by atoms with Gasteiger partial charge in [0.1, 0.15) is 23.1 Å². The van der Waals surface area contributed by atoms with Crippen LogP contribution in [0, 0.1) is 18.3 Å². The van der Waals surface area contributed by atoms with Crippen molar-refractivity contribution in [3.05, 3.63) is 100 Å². The minimum atomic E-state index is -0.378. The first-order valence-electron chi connectivity index (χ1n) is 9.17. The molecule has 3 aromatic carbocycles. The zero-order chi connectivity index (χ0) is 20.4. The molecule has 0 aromatic heterocycles. The Morgan fingerprint density at radius 2 is 1.83 bits per heavy atom. The zero-order valence-electron chi connectivity index (χ0n) is 15.8. The van der Waals surface area contributed by atoms with Gasteiger partial charge in [0.05, 0.1) is 11.6 Å². The average molecular weight is 381 g/mol. The smallest absolute Gasteiger partial charge is 0.205 e. The van der Waals surface area contributed by atoms with Gasteiger partial charge in [-0.25, -0.2) is 0 Å². The first-order chi connectivity index (χ1) is 14.1. The molecule has 1 aliphatic rings. The number of fused-ring (bicyclic) bond motifs is 1. The summed E-state index contributed by atoms with van der Waals surface area (Å²) < 4.78 is 5.63. The second-order valence-corrected chi connectivity index (χ2v) is 6.88. The molecule has 0 aliphatic carbocycles. The maximum Gasteiger partial charge on any atom is 0.205 e. The van der Waals surface area contributed by atoms with Crippen LogP contribution in [0.3, 0.4) is 0 Å². The molecule has 0 saturated heterocycles. The number of rotatable bonds is 3. The monoisotopic (exact) mass is 381 g/mol. The van der Waals surface area contributed by atoms with E-state index in [9.17, 15) is 10.4 Å². The molecule has 3 N–H and O–H groups in total. The number of phenolic OH excluding ortho intramolecular Hbond substituents is 1. The summed E-state index contributed by atoms with van der Waals surface area (Å²) in [6.45, 7) is 2.01. The Balaban J connectivity index is 1.80. The van der Waals surface area contributed by atoms with Gasteiger partial charge in [0.2, 0.25) is 5.88 Å². The number of aliphatic imine (C=N–C) groups is 1. The fourth-order valence-corrected chi connectivity index (χ4v) is 3.38. The molecule has 3 aromatic rings. The van der Waals surface area contributed by atoms with Crippen molar-refractivity contribution in [2.24, 2.45) is 10.7 Å². The first-order valence-corrected chi connectivity index (χ1v) is 9.17. The molecule has 0 saturated carbocycles. The number of nitrogens with two attached hydrogens (primary N) is 1. The van der Waals surface area contributed by atoms with E-state index in [1.807, 2.05) is 61.5 Å². The summed E-state index contributed by atoms with van der Waals surface area (Å²) >= 11 is 0. The first kappa shape index (κ1) is 18.3. The van der Waals surface area contributed by atoms with Gasteiger partial charge in [0.15, 0.2) is 0 Å². The molecule has 4 rings (SSSR count). The third kappa shape index (κ3) is 3.56. The largest absolute Gasteiger partial charge is 0.507 e. The lowest BCUT2D eigenvalue weighted by Crippen LogP contribution is -2.21. The van der Waals surface area contributed by atoms with Gasteiger partial charge in [-0.1, -0.05) is 48.0 Å². The van der Waals surface area contributed by atoms with Crippen LogP contribution in [0.4, 0.5) is 5.69 Å². The molecule has 5 nitrogen and oxygen atoms in total. The van der Waals surface area contributed by atoms with E-state index in [4.69, 9.17) is 10.5 Å². The Kier molecular flexibility index (Phi) is 4.76. The Labute approximate surface area is 169 Å². The normalized spacial score (nSPS) is 15.7. The molecule has 0 amide bonds. The van der Waals surface area contributed by atoms with Crippen molar-refractivity contribution in [1.82, 2.24) is 0 Å². The van der Waals surface area contributed by atoms with Crippen molar-refractivity contribution in [2.45, 2.75) is 12.8 Å². The van der Waals surface area contributed by atoms with Crippen molar-refractivity contribution in [3.8, 4) is 17.6 Å². The highest BCUT2D eigenvalue weighted by atomic mass is 16.5. The van der Waals surface area contributed by atoms with Gasteiger partial charge in [-0.2, -0.15) is 5.26 Å². The molecule has 0 fully saturated rings. The maximum atomic E-state index is 10.5. The SMILES string of the molecule is Cc1ccc(N=Cc2cc3c(cc2O)OC(N)=C(C#N)[C@H]3c2ccccc2)cc1. The summed E-state index contributed by atoms with van der Waals surface area (Å²) in [6, 6.07) is 22.9. The van der Waals surface area contributed by atoms with E-state index < -0.39 is 0 Å². The van der Waals surface area contributed by atoms with E-state index in [-0.39, 0.29) is 17.6 Å². The van der Waals surface area contributed by atoms with Crippen LogP contribution in [0.25, 0.3) is 0 Å². The lowest BCUT2D eigenvalue weighted by molar-refractivity contribution is 0.388. The highest BCUT2D eigenvalue weighted by Crippen LogP contribution is 2.44. The molecule has 0 unspecified atom stereocenters. The van der Waals surface area contributed by atoms with Crippen LogP contribution >= 0.6 is 0 Å². The third-order valence-electron chi connectivity index (χ3n) is 4.88. The summed E-state index contributed by atoms with van der Waals surface area (Å²) in [5, 5.41) is 20.1. The van der Waals surface area contributed by atoms with Crippen molar-refractivity contribution in [2.75, 3.05) is 0 Å². The Hall–Kier alpha value is -4.04. The average Bonchev–Trinajstić information content (AvgIpc) is 2.73. The van der Waals surface area contributed by atoms with Crippen LogP contribution < -0.4 is 10.5 Å². The standard InChI is InChI=1S/C24H19N3O2/c1-15-7-9-18(10-8-15)27-14-17-11-19-22(12-21(17)28)29-24(26)20(13-25)23(19)16-5-3-2-4-6-16/h2-12,14,23,28H,26H2,1H3/t23-/m0/s1. The number of hydrogen-bond acceptors (Lipinski definition) is 5. The number of phenols is 1. The highest BCUT2D eigenvalue weighted by molar-refractivity contribution is 5.86. The van der Waals surface area contributed by atoms with E-state index in [0.29, 0.717) is 16.9 Å². The minimum absolute atomic E-state index is 0.0274. The number of aryl methyl sites for hydroxylation is 1. The Morgan fingerprint density at radius 3 is 2.52 bits per heavy atom. The van der Waals surface area contributed by atoms with Crippen molar-refractivity contribution >= 4 is 11.9 Å². The topological polar surface area (TPSA) is 91.6 Å². The lowest BCUT2D eigenvalue weighted by Gasteiger charge is -2.27. The second kappa shape index (κ2) is 7.53. The third-order valence-corrected chi connectivity index (χ3v) is 4.88. The molecule has 1 heterocycles.